The van der Waals surface area contributed by atoms with Gasteiger partial charge in [0.1, 0.15) is 11.5 Å². The highest BCUT2D eigenvalue weighted by molar-refractivity contribution is 5.75. The van der Waals surface area contributed by atoms with Crippen LogP contribution in [0.15, 0.2) is 54.6 Å². The number of benzene rings is 2. The highest BCUT2D eigenvalue weighted by atomic mass is 16.5. The summed E-state index contributed by atoms with van der Waals surface area (Å²) in [6, 6.07) is 18.8. The summed E-state index contributed by atoms with van der Waals surface area (Å²) in [4.78, 5) is 0. The normalized spacial score (nSPS) is 14.5. The molecule has 0 N–H and O–H groups in total. The molecule has 26 heavy (non-hydrogen) atoms. The lowest BCUT2D eigenvalue weighted by Gasteiger charge is -2.16. The molecule has 0 saturated heterocycles. The van der Waals surface area contributed by atoms with Crippen molar-refractivity contribution in [2.24, 2.45) is 0 Å². The molecule has 3 aromatic rings. The monoisotopic (exact) mass is 348 g/mol. The van der Waals surface area contributed by atoms with Crippen LogP contribution in [0.1, 0.15) is 31.7 Å². The second kappa shape index (κ2) is 7.24. The van der Waals surface area contributed by atoms with Crippen LogP contribution in [-0.4, -0.2) is 24.0 Å². The molecule has 4 rings (SSSR count). The number of nitrogens with zero attached hydrogens (tertiary/aromatic N) is 2. The standard InChI is InChI=1S/C22H24N2O2/c1-25-21-13-7-5-11-17(21)19-15-20(18-12-6-8-14-22(18)26-2)24(23-19)16-9-3-4-10-16/h5-8,11-16H,3-4,9-10H2,1-2H3. The summed E-state index contributed by atoms with van der Waals surface area (Å²) in [5.41, 5.74) is 4.14. The van der Waals surface area contributed by atoms with E-state index in [1.54, 1.807) is 14.2 Å². The zero-order valence-corrected chi connectivity index (χ0v) is 15.3. The number of hydrogen-bond acceptors (Lipinski definition) is 3. The molecule has 1 fully saturated rings. The third kappa shape index (κ3) is 2.96. The number of aromatic nitrogens is 2. The van der Waals surface area contributed by atoms with Crippen molar-refractivity contribution in [1.82, 2.24) is 9.78 Å². The van der Waals surface area contributed by atoms with Gasteiger partial charge in [0.15, 0.2) is 0 Å². The first kappa shape index (κ1) is 16.7. The summed E-state index contributed by atoms with van der Waals surface area (Å²) in [5, 5.41) is 5.00. The first-order valence-corrected chi connectivity index (χ1v) is 9.18. The molecule has 0 bridgehead atoms. The second-order valence-corrected chi connectivity index (χ2v) is 6.70. The van der Waals surface area contributed by atoms with Gasteiger partial charge in [-0.15, -0.1) is 0 Å². The van der Waals surface area contributed by atoms with E-state index < -0.39 is 0 Å². The lowest BCUT2D eigenvalue weighted by atomic mass is 10.1. The molecule has 1 aliphatic rings. The van der Waals surface area contributed by atoms with E-state index in [2.05, 4.69) is 22.9 Å². The van der Waals surface area contributed by atoms with Crippen molar-refractivity contribution in [2.75, 3.05) is 14.2 Å². The molecule has 1 aromatic heterocycles. The molecular weight excluding hydrogens is 324 g/mol. The number of rotatable bonds is 5. The number of para-hydroxylation sites is 2. The summed E-state index contributed by atoms with van der Waals surface area (Å²) in [5.74, 6) is 1.72. The Hall–Kier alpha value is -2.75. The largest absolute Gasteiger partial charge is 0.496 e. The predicted octanol–water partition coefficient (Wildman–Crippen LogP) is 5.35. The van der Waals surface area contributed by atoms with Gasteiger partial charge in [-0.3, -0.25) is 4.68 Å². The number of methoxy groups -OCH3 is 2. The van der Waals surface area contributed by atoms with E-state index in [9.17, 15) is 0 Å². The maximum absolute atomic E-state index is 5.61. The first-order valence-electron chi connectivity index (χ1n) is 9.18. The molecule has 4 nitrogen and oxygen atoms in total. The fraction of sp³-hybridized carbons (Fsp3) is 0.318. The van der Waals surface area contributed by atoms with Crippen LogP contribution < -0.4 is 9.47 Å². The third-order valence-corrected chi connectivity index (χ3v) is 5.17. The quantitative estimate of drug-likeness (QED) is 0.623. The SMILES string of the molecule is COc1ccccc1-c1cc(-c2ccccc2OC)n(C2CCCC2)n1. The lowest BCUT2D eigenvalue weighted by molar-refractivity contribution is 0.414. The molecule has 0 aliphatic heterocycles. The molecule has 134 valence electrons. The molecular formula is C22H24N2O2. The molecule has 1 saturated carbocycles. The molecule has 0 atom stereocenters. The van der Waals surface area contributed by atoms with E-state index in [1.165, 1.54) is 25.7 Å². The van der Waals surface area contributed by atoms with Crippen LogP contribution in [-0.2, 0) is 0 Å². The minimum Gasteiger partial charge on any atom is -0.496 e. The lowest BCUT2D eigenvalue weighted by Crippen LogP contribution is -2.08. The molecule has 0 spiro atoms. The number of hydrogen-bond donors (Lipinski definition) is 0. The molecule has 2 aromatic carbocycles. The van der Waals surface area contributed by atoms with Gasteiger partial charge >= 0.3 is 0 Å². The van der Waals surface area contributed by atoms with E-state index in [0.29, 0.717) is 6.04 Å². The molecule has 0 radical (unpaired) electrons. The predicted molar refractivity (Wildman–Crippen MR) is 104 cm³/mol. The third-order valence-electron chi connectivity index (χ3n) is 5.17. The van der Waals surface area contributed by atoms with Crippen molar-refractivity contribution < 1.29 is 9.47 Å². The van der Waals surface area contributed by atoms with Gasteiger partial charge in [-0.2, -0.15) is 5.10 Å². The summed E-state index contributed by atoms with van der Waals surface area (Å²) < 4.78 is 13.4. The number of ether oxygens (including phenoxy) is 2. The molecule has 1 aliphatic carbocycles. The fourth-order valence-electron chi connectivity index (χ4n) is 3.87. The van der Waals surface area contributed by atoms with Crippen molar-refractivity contribution in [1.29, 1.82) is 0 Å². The topological polar surface area (TPSA) is 36.3 Å². The Morgan fingerprint density at radius 2 is 1.42 bits per heavy atom. The van der Waals surface area contributed by atoms with Gasteiger partial charge in [0.05, 0.1) is 31.6 Å². The van der Waals surface area contributed by atoms with Crippen LogP contribution >= 0.6 is 0 Å². The van der Waals surface area contributed by atoms with E-state index in [4.69, 9.17) is 14.6 Å². The van der Waals surface area contributed by atoms with Crippen LogP contribution in [0.25, 0.3) is 22.5 Å². The van der Waals surface area contributed by atoms with Crippen LogP contribution in [0.2, 0.25) is 0 Å². The van der Waals surface area contributed by atoms with E-state index in [1.807, 2.05) is 36.4 Å². The Morgan fingerprint density at radius 1 is 0.846 bits per heavy atom. The van der Waals surface area contributed by atoms with Crippen molar-refractivity contribution in [2.45, 2.75) is 31.7 Å². The van der Waals surface area contributed by atoms with E-state index in [-0.39, 0.29) is 0 Å². The summed E-state index contributed by atoms with van der Waals surface area (Å²) in [6.45, 7) is 0. The Morgan fingerprint density at radius 3 is 2.08 bits per heavy atom. The van der Waals surface area contributed by atoms with Gasteiger partial charge in [0, 0.05) is 11.1 Å². The van der Waals surface area contributed by atoms with Gasteiger partial charge in [-0.05, 0) is 43.2 Å². The van der Waals surface area contributed by atoms with Crippen molar-refractivity contribution in [3.63, 3.8) is 0 Å². The highest BCUT2D eigenvalue weighted by Crippen LogP contribution is 2.39. The maximum Gasteiger partial charge on any atom is 0.128 e. The van der Waals surface area contributed by atoms with Gasteiger partial charge < -0.3 is 9.47 Å². The van der Waals surface area contributed by atoms with Crippen LogP contribution in [0.3, 0.4) is 0 Å². The van der Waals surface area contributed by atoms with E-state index in [0.717, 1.165) is 34.0 Å². The maximum atomic E-state index is 5.61. The summed E-state index contributed by atoms with van der Waals surface area (Å²) in [7, 11) is 3.42. The molecule has 0 unspecified atom stereocenters. The van der Waals surface area contributed by atoms with Gasteiger partial charge in [-0.25, -0.2) is 0 Å². The fourth-order valence-corrected chi connectivity index (χ4v) is 3.87. The minimum absolute atomic E-state index is 0.443. The Balaban J connectivity index is 1.88. The molecule has 4 heteroatoms. The first-order chi connectivity index (χ1) is 12.8. The Bertz CT molecular complexity index is 895. The summed E-state index contributed by atoms with van der Waals surface area (Å²) >= 11 is 0. The van der Waals surface area contributed by atoms with Crippen molar-refractivity contribution >= 4 is 0 Å². The highest BCUT2D eigenvalue weighted by Gasteiger charge is 2.24. The zero-order chi connectivity index (χ0) is 17.9. The Kier molecular flexibility index (Phi) is 4.65. The average Bonchev–Trinajstić information content (AvgIpc) is 3.37. The molecule has 0 amide bonds. The summed E-state index contributed by atoms with van der Waals surface area (Å²) in [6.07, 6.45) is 4.88. The van der Waals surface area contributed by atoms with Crippen molar-refractivity contribution in [3.8, 4) is 34.0 Å². The molecule has 1 heterocycles. The minimum atomic E-state index is 0.443. The Labute approximate surface area is 154 Å². The van der Waals surface area contributed by atoms with Gasteiger partial charge in [0.25, 0.3) is 0 Å². The van der Waals surface area contributed by atoms with Crippen LogP contribution in [0, 0.1) is 0 Å². The van der Waals surface area contributed by atoms with E-state index >= 15 is 0 Å². The van der Waals surface area contributed by atoms with Gasteiger partial charge in [0.2, 0.25) is 0 Å². The van der Waals surface area contributed by atoms with Crippen molar-refractivity contribution in [3.05, 3.63) is 54.6 Å². The smallest absolute Gasteiger partial charge is 0.128 e. The second-order valence-electron chi connectivity index (χ2n) is 6.70. The van der Waals surface area contributed by atoms with Gasteiger partial charge in [-0.1, -0.05) is 37.1 Å². The average molecular weight is 348 g/mol. The van der Waals surface area contributed by atoms with Crippen LogP contribution in [0.4, 0.5) is 0 Å². The zero-order valence-electron chi connectivity index (χ0n) is 15.3. The van der Waals surface area contributed by atoms with Crippen LogP contribution in [0.5, 0.6) is 11.5 Å².